The topological polar surface area (TPSA) is 49.4 Å². The summed E-state index contributed by atoms with van der Waals surface area (Å²) in [6.45, 7) is 5.22. The summed E-state index contributed by atoms with van der Waals surface area (Å²) in [5.41, 5.74) is -0.487. The second-order valence-corrected chi connectivity index (χ2v) is 7.83. The zero-order valence-corrected chi connectivity index (χ0v) is 14.2. The molecule has 0 radical (unpaired) electrons. The number of piperidine rings is 1. The van der Waals surface area contributed by atoms with Crippen LogP contribution in [0.25, 0.3) is 0 Å². The van der Waals surface area contributed by atoms with Crippen LogP contribution in [-0.2, 0) is 10.2 Å². The van der Waals surface area contributed by atoms with Gasteiger partial charge in [-0.15, -0.1) is 0 Å². The van der Waals surface area contributed by atoms with Gasteiger partial charge in [0.25, 0.3) is 10.2 Å². The van der Waals surface area contributed by atoms with Crippen LogP contribution in [0.1, 0.15) is 26.7 Å². The monoisotopic (exact) mass is 390 g/mol. The number of rotatable bonds is 5. The van der Waals surface area contributed by atoms with Crippen molar-refractivity contribution in [3.05, 3.63) is 0 Å². The molecule has 0 aromatic heterocycles. The first-order valence-electron chi connectivity index (χ1n) is 5.74. The van der Waals surface area contributed by atoms with E-state index in [9.17, 15) is 8.42 Å². The molecule has 0 aromatic rings. The first-order chi connectivity index (χ1) is 7.83. The Morgan fingerprint density at radius 2 is 2.00 bits per heavy atom. The summed E-state index contributed by atoms with van der Waals surface area (Å²) in [4.78, 5) is 0. The summed E-state index contributed by atoms with van der Waals surface area (Å²) in [6, 6.07) is 0. The Kier molecular flexibility index (Phi) is 5.91. The van der Waals surface area contributed by atoms with Gasteiger partial charge in [0, 0.05) is 23.7 Å². The first-order valence-corrected chi connectivity index (χ1v) is 9.42. The highest BCUT2D eigenvalue weighted by Gasteiger charge is 2.33. The summed E-state index contributed by atoms with van der Waals surface area (Å²) in [5, 5.41) is 1.15. The maximum Gasteiger partial charge on any atom is 0.280 e. The molecule has 1 atom stereocenters. The summed E-state index contributed by atoms with van der Waals surface area (Å²) in [6.07, 6.45) is 2.06. The number of nitrogens with zero attached hydrogens (tertiary/aromatic N) is 1. The molecule has 1 fully saturated rings. The van der Waals surface area contributed by atoms with Crippen molar-refractivity contribution in [2.24, 2.45) is 5.92 Å². The van der Waals surface area contributed by atoms with Gasteiger partial charge < -0.3 is 0 Å². The Labute approximate surface area is 121 Å². The van der Waals surface area contributed by atoms with Gasteiger partial charge in [0.1, 0.15) is 0 Å². The highest BCUT2D eigenvalue weighted by Crippen LogP contribution is 2.20. The number of hydrogen-bond donors (Lipinski definition) is 1. The van der Waals surface area contributed by atoms with E-state index in [-0.39, 0.29) is 0 Å². The number of hydrogen-bond acceptors (Lipinski definition) is 2. The first kappa shape index (κ1) is 15.9. The molecule has 0 aromatic carbocycles. The fourth-order valence-electron chi connectivity index (χ4n) is 1.83. The van der Waals surface area contributed by atoms with Crippen LogP contribution in [0.3, 0.4) is 0 Å². The van der Waals surface area contributed by atoms with Gasteiger partial charge in [0.15, 0.2) is 0 Å². The minimum Gasteiger partial charge on any atom is -0.195 e. The van der Waals surface area contributed by atoms with Crippen LogP contribution in [-0.4, -0.2) is 42.0 Å². The van der Waals surface area contributed by atoms with E-state index in [1.165, 1.54) is 0 Å². The number of nitrogens with one attached hydrogen (secondary N) is 1. The van der Waals surface area contributed by atoms with Crippen LogP contribution in [0, 0.1) is 5.92 Å². The van der Waals surface area contributed by atoms with E-state index < -0.39 is 15.7 Å². The van der Waals surface area contributed by atoms with Crippen molar-refractivity contribution in [1.29, 1.82) is 0 Å². The molecular weight excluding hydrogens is 372 g/mol. The third-order valence-electron chi connectivity index (χ3n) is 2.92. The van der Waals surface area contributed by atoms with Gasteiger partial charge in [0.05, 0.1) is 5.54 Å². The minimum atomic E-state index is -3.37. The van der Waals surface area contributed by atoms with Gasteiger partial charge in [-0.3, -0.25) is 0 Å². The molecule has 0 spiro atoms. The molecule has 0 saturated carbocycles. The van der Waals surface area contributed by atoms with Crippen LogP contribution >= 0.6 is 31.9 Å². The average Bonchev–Trinajstić information content (AvgIpc) is 2.28. The van der Waals surface area contributed by atoms with Crippen LogP contribution in [0.15, 0.2) is 0 Å². The van der Waals surface area contributed by atoms with Gasteiger partial charge in [0.2, 0.25) is 0 Å². The van der Waals surface area contributed by atoms with Crippen molar-refractivity contribution in [2.45, 2.75) is 32.2 Å². The van der Waals surface area contributed by atoms with Crippen LogP contribution < -0.4 is 4.72 Å². The highest BCUT2D eigenvalue weighted by molar-refractivity contribution is 9.09. The van der Waals surface area contributed by atoms with Gasteiger partial charge in [-0.05, 0) is 25.7 Å². The van der Waals surface area contributed by atoms with Gasteiger partial charge in [-0.25, -0.2) is 0 Å². The molecule has 0 amide bonds. The molecule has 102 valence electrons. The minimum absolute atomic E-state index is 0.444. The van der Waals surface area contributed by atoms with E-state index in [1.807, 2.05) is 6.92 Å². The molecule has 0 bridgehead atoms. The highest BCUT2D eigenvalue weighted by atomic mass is 79.9. The Morgan fingerprint density at radius 1 is 1.41 bits per heavy atom. The Morgan fingerprint density at radius 3 is 2.47 bits per heavy atom. The molecule has 1 aliphatic rings. The van der Waals surface area contributed by atoms with Crippen molar-refractivity contribution < 1.29 is 8.42 Å². The maximum atomic E-state index is 12.2. The second kappa shape index (κ2) is 6.32. The number of alkyl halides is 2. The van der Waals surface area contributed by atoms with Crippen LogP contribution in [0.2, 0.25) is 0 Å². The van der Waals surface area contributed by atoms with Crippen LogP contribution in [0.4, 0.5) is 0 Å². The summed E-state index contributed by atoms with van der Waals surface area (Å²) in [7, 11) is -3.37. The Balaban J connectivity index is 2.74. The fourth-order valence-corrected chi connectivity index (χ4v) is 5.13. The SMILES string of the molecule is CC1CCCN(S(=O)(=O)NC(C)(CBr)CBr)C1. The summed E-state index contributed by atoms with van der Waals surface area (Å²) < 4.78 is 28.8. The lowest BCUT2D eigenvalue weighted by molar-refractivity contribution is 0.274. The van der Waals surface area contributed by atoms with E-state index in [1.54, 1.807) is 4.31 Å². The second-order valence-electron chi connectivity index (χ2n) is 5.04. The summed E-state index contributed by atoms with van der Waals surface area (Å²) in [5.74, 6) is 0.444. The molecule has 1 rings (SSSR count). The van der Waals surface area contributed by atoms with E-state index in [0.717, 1.165) is 12.8 Å². The van der Waals surface area contributed by atoms with Crippen molar-refractivity contribution in [3.63, 3.8) is 0 Å². The van der Waals surface area contributed by atoms with Crippen molar-refractivity contribution in [2.75, 3.05) is 23.7 Å². The van der Waals surface area contributed by atoms with Gasteiger partial charge in [-0.2, -0.15) is 17.4 Å². The van der Waals surface area contributed by atoms with E-state index in [2.05, 4.69) is 43.5 Å². The smallest absolute Gasteiger partial charge is 0.195 e. The van der Waals surface area contributed by atoms with Crippen molar-refractivity contribution >= 4 is 42.1 Å². The van der Waals surface area contributed by atoms with Crippen molar-refractivity contribution in [1.82, 2.24) is 9.03 Å². The predicted octanol–water partition coefficient (Wildman–Crippen LogP) is 2.10. The molecule has 1 heterocycles. The quantitative estimate of drug-likeness (QED) is 0.729. The standard InChI is InChI=1S/C10H20Br2N2O2S/c1-9-4-3-5-14(6-9)17(15,16)13-10(2,7-11)8-12/h9,13H,3-8H2,1-2H3. The third kappa shape index (κ3) is 4.45. The predicted molar refractivity (Wildman–Crippen MR) is 78.0 cm³/mol. The largest absolute Gasteiger partial charge is 0.280 e. The lowest BCUT2D eigenvalue weighted by Crippen LogP contribution is -2.55. The Bertz CT molecular complexity index is 344. The van der Waals surface area contributed by atoms with E-state index in [4.69, 9.17) is 0 Å². The molecule has 17 heavy (non-hydrogen) atoms. The normalized spacial score (nSPS) is 23.9. The zero-order valence-electron chi connectivity index (χ0n) is 10.2. The van der Waals surface area contributed by atoms with Crippen molar-refractivity contribution in [3.8, 4) is 0 Å². The molecule has 4 nitrogen and oxygen atoms in total. The zero-order chi connectivity index (χ0) is 13.1. The molecule has 0 aliphatic carbocycles. The molecule has 1 N–H and O–H groups in total. The fraction of sp³-hybridized carbons (Fsp3) is 1.00. The molecule has 7 heteroatoms. The average molecular weight is 392 g/mol. The van der Waals surface area contributed by atoms with E-state index >= 15 is 0 Å². The maximum absolute atomic E-state index is 12.2. The molecular formula is C10H20Br2N2O2S. The van der Waals surface area contributed by atoms with Gasteiger partial charge >= 0.3 is 0 Å². The lowest BCUT2D eigenvalue weighted by atomic mass is 10.0. The van der Waals surface area contributed by atoms with Crippen LogP contribution in [0.5, 0.6) is 0 Å². The molecule has 1 unspecified atom stereocenters. The van der Waals surface area contributed by atoms with E-state index in [0.29, 0.717) is 29.7 Å². The lowest BCUT2D eigenvalue weighted by Gasteiger charge is -2.34. The molecule has 1 saturated heterocycles. The molecule has 1 aliphatic heterocycles. The third-order valence-corrected chi connectivity index (χ3v) is 7.16. The van der Waals surface area contributed by atoms with Gasteiger partial charge in [-0.1, -0.05) is 38.8 Å². The Hall–Kier alpha value is 0.830. The number of halogens is 2. The summed E-state index contributed by atoms with van der Waals surface area (Å²) >= 11 is 6.69.